The highest BCUT2D eigenvalue weighted by Crippen LogP contribution is 2.34. The Bertz CT molecular complexity index is 567. The van der Waals surface area contributed by atoms with Gasteiger partial charge in [-0.15, -0.1) is 0 Å². The second-order valence-electron chi connectivity index (χ2n) is 4.67. The largest absolute Gasteiger partial charge is 0.481 e. The maximum atomic E-state index is 13.6. The van der Waals surface area contributed by atoms with Crippen molar-refractivity contribution < 1.29 is 19.2 Å². The summed E-state index contributed by atoms with van der Waals surface area (Å²) in [4.78, 5) is 21.5. The average Bonchev–Trinajstić information content (AvgIpc) is 2.81. The molecule has 0 aromatic heterocycles. The number of aliphatic carboxylic acids is 1. The first-order chi connectivity index (χ1) is 9.40. The standard InChI is InChI=1S/C12H12FIN2O4/c13-7-4-10(11(16(19)20)5-8(7)14)15-9-3-1-2-6(9)12(17)18/h4-6,9,15H,1-3H2,(H,17,18). The van der Waals surface area contributed by atoms with Crippen LogP contribution in [0.3, 0.4) is 0 Å². The van der Waals surface area contributed by atoms with Crippen molar-refractivity contribution in [1.82, 2.24) is 0 Å². The quantitative estimate of drug-likeness (QED) is 0.466. The summed E-state index contributed by atoms with van der Waals surface area (Å²) < 4.78 is 13.7. The van der Waals surface area contributed by atoms with Crippen LogP contribution in [-0.2, 0) is 4.79 Å². The van der Waals surface area contributed by atoms with Crippen molar-refractivity contribution in [2.75, 3.05) is 5.32 Å². The first kappa shape index (κ1) is 14.9. The monoisotopic (exact) mass is 394 g/mol. The van der Waals surface area contributed by atoms with Gasteiger partial charge in [-0.1, -0.05) is 6.42 Å². The van der Waals surface area contributed by atoms with E-state index in [2.05, 4.69) is 5.32 Å². The second kappa shape index (κ2) is 5.90. The first-order valence-electron chi connectivity index (χ1n) is 6.03. The summed E-state index contributed by atoms with van der Waals surface area (Å²) in [6.07, 6.45) is 1.85. The molecule has 0 saturated heterocycles. The van der Waals surface area contributed by atoms with E-state index >= 15 is 0 Å². The predicted octanol–water partition coefficient (Wildman–Crippen LogP) is 3.00. The van der Waals surface area contributed by atoms with Gasteiger partial charge in [0.1, 0.15) is 11.5 Å². The summed E-state index contributed by atoms with van der Waals surface area (Å²) in [5, 5.41) is 22.9. The molecule has 2 unspecified atom stereocenters. The molecule has 0 bridgehead atoms. The van der Waals surface area contributed by atoms with Crippen LogP contribution in [0.5, 0.6) is 0 Å². The van der Waals surface area contributed by atoms with Crippen LogP contribution in [0, 0.1) is 25.4 Å². The summed E-state index contributed by atoms with van der Waals surface area (Å²) in [7, 11) is 0. The third-order valence-electron chi connectivity index (χ3n) is 3.41. The Morgan fingerprint density at radius 2 is 2.20 bits per heavy atom. The van der Waals surface area contributed by atoms with Gasteiger partial charge in [-0.3, -0.25) is 14.9 Å². The van der Waals surface area contributed by atoms with E-state index in [4.69, 9.17) is 5.11 Å². The van der Waals surface area contributed by atoms with Crippen LogP contribution < -0.4 is 5.32 Å². The molecule has 20 heavy (non-hydrogen) atoms. The molecule has 0 heterocycles. The number of nitrogens with zero attached hydrogens (tertiary/aromatic N) is 1. The third kappa shape index (κ3) is 3.00. The van der Waals surface area contributed by atoms with E-state index < -0.39 is 28.7 Å². The number of carboxylic acid groups (broad SMARTS) is 1. The van der Waals surface area contributed by atoms with Gasteiger partial charge in [-0.2, -0.15) is 0 Å². The lowest BCUT2D eigenvalue weighted by Crippen LogP contribution is -2.30. The van der Waals surface area contributed by atoms with Crippen molar-refractivity contribution in [1.29, 1.82) is 0 Å². The Morgan fingerprint density at radius 3 is 2.80 bits per heavy atom. The molecule has 0 amide bonds. The summed E-state index contributed by atoms with van der Waals surface area (Å²) >= 11 is 1.68. The number of hydrogen-bond acceptors (Lipinski definition) is 4. The minimum atomic E-state index is -0.936. The van der Waals surface area contributed by atoms with E-state index in [-0.39, 0.29) is 14.9 Å². The predicted molar refractivity (Wildman–Crippen MR) is 78.2 cm³/mol. The number of nitro benzene ring substituents is 1. The fourth-order valence-electron chi connectivity index (χ4n) is 2.43. The van der Waals surface area contributed by atoms with Gasteiger partial charge in [0.05, 0.1) is 14.4 Å². The number of carbonyl (C=O) groups is 1. The lowest BCUT2D eigenvalue weighted by molar-refractivity contribution is -0.384. The smallest absolute Gasteiger partial charge is 0.308 e. The summed E-state index contributed by atoms with van der Waals surface area (Å²) in [5.41, 5.74) is -0.210. The highest BCUT2D eigenvalue weighted by Gasteiger charge is 2.34. The topological polar surface area (TPSA) is 92.5 Å². The highest BCUT2D eigenvalue weighted by molar-refractivity contribution is 14.1. The molecule has 1 aromatic carbocycles. The Labute approximate surface area is 127 Å². The van der Waals surface area contributed by atoms with E-state index in [0.29, 0.717) is 12.8 Å². The lowest BCUT2D eigenvalue weighted by atomic mass is 10.0. The summed E-state index contributed by atoms with van der Waals surface area (Å²) in [6, 6.07) is 1.78. The molecular formula is C12H12FIN2O4. The molecule has 0 aliphatic heterocycles. The summed E-state index contributed by atoms with van der Waals surface area (Å²) in [6.45, 7) is 0. The number of anilines is 1. The Balaban J connectivity index is 2.31. The van der Waals surface area contributed by atoms with E-state index in [1.54, 1.807) is 22.6 Å². The fraction of sp³-hybridized carbons (Fsp3) is 0.417. The van der Waals surface area contributed by atoms with Gasteiger partial charge in [0.25, 0.3) is 5.69 Å². The van der Waals surface area contributed by atoms with Gasteiger partial charge in [0.15, 0.2) is 0 Å². The molecule has 2 rings (SSSR count). The Hall–Kier alpha value is -1.45. The maximum Gasteiger partial charge on any atom is 0.308 e. The average molecular weight is 394 g/mol. The maximum absolute atomic E-state index is 13.6. The lowest BCUT2D eigenvalue weighted by Gasteiger charge is -2.19. The Morgan fingerprint density at radius 1 is 1.50 bits per heavy atom. The fourth-order valence-corrected chi connectivity index (χ4v) is 2.88. The SMILES string of the molecule is O=C(O)C1CCCC1Nc1cc(F)c(I)cc1[N+](=O)[O-]. The van der Waals surface area contributed by atoms with Crippen LogP contribution in [0.2, 0.25) is 0 Å². The molecule has 1 fully saturated rings. The van der Waals surface area contributed by atoms with Crippen molar-refractivity contribution in [3.63, 3.8) is 0 Å². The van der Waals surface area contributed by atoms with Crippen molar-refractivity contribution >= 4 is 39.9 Å². The zero-order valence-corrected chi connectivity index (χ0v) is 12.5. The molecule has 1 aliphatic rings. The van der Waals surface area contributed by atoms with Crippen LogP contribution in [-0.4, -0.2) is 22.0 Å². The number of rotatable bonds is 4. The van der Waals surface area contributed by atoms with Crippen LogP contribution in [0.1, 0.15) is 19.3 Å². The minimum absolute atomic E-state index is 0.0334. The van der Waals surface area contributed by atoms with Gasteiger partial charge in [0, 0.05) is 18.2 Å². The number of benzene rings is 1. The third-order valence-corrected chi connectivity index (χ3v) is 4.24. The summed E-state index contributed by atoms with van der Waals surface area (Å²) in [5.74, 6) is -2.10. The number of carboxylic acids is 1. The molecule has 108 valence electrons. The number of hydrogen-bond donors (Lipinski definition) is 2. The van der Waals surface area contributed by atoms with Crippen molar-refractivity contribution in [2.24, 2.45) is 5.92 Å². The molecule has 1 aromatic rings. The molecule has 6 nitrogen and oxygen atoms in total. The molecule has 1 saturated carbocycles. The van der Waals surface area contributed by atoms with Gasteiger partial charge in [-0.25, -0.2) is 4.39 Å². The molecule has 8 heteroatoms. The van der Waals surface area contributed by atoms with Crippen LogP contribution >= 0.6 is 22.6 Å². The van der Waals surface area contributed by atoms with Crippen LogP contribution in [0.15, 0.2) is 12.1 Å². The zero-order chi connectivity index (χ0) is 14.9. The van der Waals surface area contributed by atoms with Gasteiger partial charge >= 0.3 is 5.97 Å². The van der Waals surface area contributed by atoms with E-state index in [9.17, 15) is 19.3 Å². The molecule has 1 aliphatic carbocycles. The molecular weight excluding hydrogens is 382 g/mol. The molecule has 0 radical (unpaired) electrons. The van der Waals surface area contributed by atoms with Gasteiger partial charge in [-0.05, 0) is 35.4 Å². The molecule has 0 spiro atoms. The minimum Gasteiger partial charge on any atom is -0.481 e. The van der Waals surface area contributed by atoms with Crippen molar-refractivity contribution in [3.05, 3.63) is 31.6 Å². The number of halogens is 2. The Kier molecular flexibility index (Phi) is 4.41. The van der Waals surface area contributed by atoms with Crippen LogP contribution in [0.25, 0.3) is 0 Å². The molecule has 2 N–H and O–H groups in total. The normalized spacial score (nSPS) is 21.7. The van der Waals surface area contributed by atoms with Gasteiger partial charge in [0.2, 0.25) is 0 Å². The first-order valence-corrected chi connectivity index (χ1v) is 7.11. The zero-order valence-electron chi connectivity index (χ0n) is 10.3. The molecule has 2 atom stereocenters. The van der Waals surface area contributed by atoms with Crippen molar-refractivity contribution in [3.8, 4) is 0 Å². The van der Waals surface area contributed by atoms with Crippen LogP contribution in [0.4, 0.5) is 15.8 Å². The van der Waals surface area contributed by atoms with E-state index in [1.165, 1.54) is 0 Å². The second-order valence-corrected chi connectivity index (χ2v) is 5.83. The number of nitro groups is 1. The highest BCUT2D eigenvalue weighted by atomic mass is 127. The van der Waals surface area contributed by atoms with E-state index in [0.717, 1.165) is 18.6 Å². The number of nitrogens with one attached hydrogen (secondary N) is 1. The van der Waals surface area contributed by atoms with E-state index in [1.807, 2.05) is 0 Å². The van der Waals surface area contributed by atoms with Crippen molar-refractivity contribution in [2.45, 2.75) is 25.3 Å². The van der Waals surface area contributed by atoms with Gasteiger partial charge < -0.3 is 10.4 Å².